The molecule has 1 heterocycles. The van der Waals surface area contributed by atoms with E-state index in [2.05, 4.69) is 5.10 Å². The Morgan fingerprint density at radius 2 is 2.27 bits per heavy atom. The van der Waals surface area contributed by atoms with Gasteiger partial charge in [-0.25, -0.2) is 0 Å². The average molecular weight is 207 g/mol. The highest BCUT2D eigenvalue weighted by molar-refractivity contribution is 5.91. The van der Waals surface area contributed by atoms with Crippen LogP contribution in [0.3, 0.4) is 0 Å². The van der Waals surface area contributed by atoms with E-state index in [1.807, 2.05) is 24.7 Å². The van der Waals surface area contributed by atoms with Crippen LogP contribution in [0.25, 0.3) is 6.08 Å². The Hall–Kier alpha value is -1.58. The van der Waals surface area contributed by atoms with Gasteiger partial charge in [-0.05, 0) is 19.9 Å². The molecule has 0 aliphatic carbocycles. The first-order chi connectivity index (χ1) is 7.04. The van der Waals surface area contributed by atoms with E-state index in [4.69, 9.17) is 0 Å². The maximum absolute atomic E-state index is 11.3. The standard InChI is InChI=1S/C11H17N3O/c1-5-14-8-10(9(2)12-14)6-7-11(15)13(3)4/h6-8H,5H2,1-4H3. The zero-order valence-electron chi connectivity index (χ0n) is 9.69. The number of aromatic nitrogens is 2. The van der Waals surface area contributed by atoms with Crippen LogP contribution in [0.5, 0.6) is 0 Å². The molecule has 0 unspecified atom stereocenters. The minimum Gasteiger partial charge on any atom is -0.345 e. The lowest BCUT2D eigenvalue weighted by Crippen LogP contribution is -2.18. The van der Waals surface area contributed by atoms with Crippen LogP contribution in [0.4, 0.5) is 0 Å². The van der Waals surface area contributed by atoms with Crippen LogP contribution in [0, 0.1) is 6.92 Å². The Morgan fingerprint density at radius 1 is 1.60 bits per heavy atom. The average Bonchev–Trinajstić information content (AvgIpc) is 2.55. The molecule has 0 spiro atoms. The third kappa shape index (κ3) is 2.94. The van der Waals surface area contributed by atoms with Gasteiger partial charge in [0.15, 0.2) is 0 Å². The van der Waals surface area contributed by atoms with Crippen molar-refractivity contribution in [1.82, 2.24) is 14.7 Å². The molecule has 0 aliphatic heterocycles. The lowest BCUT2D eigenvalue weighted by molar-refractivity contribution is -0.123. The molecule has 0 aliphatic rings. The summed E-state index contributed by atoms with van der Waals surface area (Å²) >= 11 is 0. The smallest absolute Gasteiger partial charge is 0.246 e. The van der Waals surface area contributed by atoms with Gasteiger partial charge in [0.1, 0.15) is 0 Å². The maximum atomic E-state index is 11.3. The maximum Gasteiger partial charge on any atom is 0.246 e. The fourth-order valence-corrected chi connectivity index (χ4v) is 1.17. The Morgan fingerprint density at radius 3 is 2.73 bits per heavy atom. The molecule has 0 fully saturated rings. The SMILES string of the molecule is CCn1cc(C=CC(=O)N(C)C)c(C)n1. The van der Waals surface area contributed by atoms with Gasteiger partial charge in [0.2, 0.25) is 5.91 Å². The van der Waals surface area contributed by atoms with Crippen LogP contribution in [-0.4, -0.2) is 34.7 Å². The van der Waals surface area contributed by atoms with E-state index in [0.29, 0.717) is 0 Å². The van der Waals surface area contributed by atoms with Gasteiger partial charge >= 0.3 is 0 Å². The van der Waals surface area contributed by atoms with E-state index in [9.17, 15) is 4.79 Å². The summed E-state index contributed by atoms with van der Waals surface area (Å²) in [6.45, 7) is 4.81. The Labute approximate surface area is 90.2 Å². The molecule has 0 bridgehead atoms. The molecule has 1 aromatic rings. The summed E-state index contributed by atoms with van der Waals surface area (Å²) in [4.78, 5) is 12.9. The molecule has 4 nitrogen and oxygen atoms in total. The van der Waals surface area contributed by atoms with Crippen LogP contribution < -0.4 is 0 Å². The van der Waals surface area contributed by atoms with Crippen LogP contribution in [0.2, 0.25) is 0 Å². The summed E-state index contributed by atoms with van der Waals surface area (Å²) < 4.78 is 1.86. The quantitative estimate of drug-likeness (QED) is 0.701. The van der Waals surface area contributed by atoms with E-state index in [1.165, 1.54) is 4.90 Å². The summed E-state index contributed by atoms with van der Waals surface area (Å²) in [6.07, 6.45) is 5.30. The minimum absolute atomic E-state index is 0.0151. The summed E-state index contributed by atoms with van der Waals surface area (Å²) in [6, 6.07) is 0. The summed E-state index contributed by atoms with van der Waals surface area (Å²) in [5, 5.41) is 4.29. The second-order valence-corrected chi connectivity index (χ2v) is 3.59. The number of aryl methyl sites for hydroxylation is 2. The van der Waals surface area contributed by atoms with E-state index in [1.54, 1.807) is 26.2 Å². The zero-order chi connectivity index (χ0) is 11.4. The summed E-state index contributed by atoms with van der Waals surface area (Å²) in [7, 11) is 3.46. The predicted octanol–water partition coefficient (Wildman–Crippen LogP) is 1.31. The lowest BCUT2D eigenvalue weighted by atomic mass is 10.2. The molecule has 82 valence electrons. The third-order valence-corrected chi connectivity index (χ3v) is 2.15. The van der Waals surface area contributed by atoms with E-state index < -0.39 is 0 Å². The second-order valence-electron chi connectivity index (χ2n) is 3.59. The van der Waals surface area contributed by atoms with Crippen molar-refractivity contribution in [1.29, 1.82) is 0 Å². The van der Waals surface area contributed by atoms with Gasteiger partial charge in [-0.2, -0.15) is 5.10 Å². The van der Waals surface area contributed by atoms with Crippen LogP contribution in [0.15, 0.2) is 12.3 Å². The van der Waals surface area contributed by atoms with Crippen LogP contribution in [0.1, 0.15) is 18.2 Å². The highest BCUT2D eigenvalue weighted by Crippen LogP contribution is 2.07. The van der Waals surface area contributed by atoms with Gasteiger partial charge < -0.3 is 4.90 Å². The topological polar surface area (TPSA) is 38.1 Å². The highest BCUT2D eigenvalue weighted by Gasteiger charge is 2.02. The van der Waals surface area contributed by atoms with Gasteiger partial charge in [0.05, 0.1) is 5.69 Å². The molecule has 0 saturated heterocycles. The van der Waals surface area contributed by atoms with Crippen molar-refractivity contribution in [2.75, 3.05) is 14.1 Å². The van der Waals surface area contributed by atoms with Gasteiger partial charge in [0, 0.05) is 38.5 Å². The van der Waals surface area contributed by atoms with Crippen molar-refractivity contribution in [2.45, 2.75) is 20.4 Å². The monoisotopic (exact) mass is 207 g/mol. The van der Waals surface area contributed by atoms with E-state index in [-0.39, 0.29) is 5.91 Å². The first-order valence-corrected chi connectivity index (χ1v) is 4.98. The number of carbonyl (C=O) groups is 1. The van der Waals surface area contributed by atoms with Crippen molar-refractivity contribution >= 4 is 12.0 Å². The first-order valence-electron chi connectivity index (χ1n) is 4.98. The molecule has 1 aromatic heterocycles. The molecule has 15 heavy (non-hydrogen) atoms. The number of likely N-dealkylation sites (N-methyl/N-ethyl adjacent to an activating group) is 1. The van der Waals surface area contributed by atoms with Crippen molar-refractivity contribution in [3.63, 3.8) is 0 Å². The summed E-state index contributed by atoms with van der Waals surface area (Å²) in [5.41, 5.74) is 1.94. The second kappa shape index (κ2) is 4.77. The van der Waals surface area contributed by atoms with E-state index >= 15 is 0 Å². The fraction of sp³-hybridized carbons (Fsp3) is 0.455. The Balaban J connectivity index is 2.80. The normalized spacial score (nSPS) is 10.9. The zero-order valence-corrected chi connectivity index (χ0v) is 9.69. The molecule has 0 saturated carbocycles. The molecule has 0 aromatic carbocycles. The predicted molar refractivity (Wildman–Crippen MR) is 60.4 cm³/mol. The van der Waals surface area contributed by atoms with Gasteiger partial charge in [0.25, 0.3) is 0 Å². The third-order valence-electron chi connectivity index (χ3n) is 2.15. The van der Waals surface area contributed by atoms with Crippen LogP contribution in [-0.2, 0) is 11.3 Å². The number of hydrogen-bond acceptors (Lipinski definition) is 2. The van der Waals surface area contributed by atoms with Crippen molar-refractivity contribution < 1.29 is 4.79 Å². The number of nitrogens with zero attached hydrogens (tertiary/aromatic N) is 3. The molecule has 0 atom stereocenters. The van der Waals surface area contributed by atoms with Crippen molar-refractivity contribution in [3.05, 3.63) is 23.5 Å². The Kier molecular flexibility index (Phi) is 3.66. The molecular weight excluding hydrogens is 190 g/mol. The lowest BCUT2D eigenvalue weighted by Gasteiger charge is -2.04. The van der Waals surface area contributed by atoms with E-state index in [0.717, 1.165) is 17.8 Å². The minimum atomic E-state index is -0.0151. The van der Waals surface area contributed by atoms with Gasteiger partial charge in [-0.15, -0.1) is 0 Å². The summed E-state index contributed by atoms with van der Waals surface area (Å²) in [5.74, 6) is -0.0151. The number of hydrogen-bond donors (Lipinski definition) is 0. The number of carbonyl (C=O) groups excluding carboxylic acids is 1. The van der Waals surface area contributed by atoms with Gasteiger partial charge in [-0.1, -0.05) is 0 Å². The molecule has 0 N–H and O–H groups in total. The van der Waals surface area contributed by atoms with Crippen molar-refractivity contribution in [3.8, 4) is 0 Å². The number of amides is 1. The van der Waals surface area contributed by atoms with Crippen molar-refractivity contribution in [2.24, 2.45) is 0 Å². The molecular formula is C11H17N3O. The van der Waals surface area contributed by atoms with Gasteiger partial charge in [-0.3, -0.25) is 9.48 Å². The largest absolute Gasteiger partial charge is 0.345 e. The molecule has 1 rings (SSSR count). The highest BCUT2D eigenvalue weighted by atomic mass is 16.2. The number of rotatable bonds is 3. The first kappa shape index (κ1) is 11.5. The molecule has 1 amide bonds. The molecule has 4 heteroatoms. The Bertz CT molecular complexity index is 377. The molecule has 0 radical (unpaired) electrons. The van der Waals surface area contributed by atoms with Crippen LogP contribution >= 0.6 is 0 Å². The fourth-order valence-electron chi connectivity index (χ4n) is 1.17.